The molecule has 0 bridgehead atoms. The van der Waals surface area contributed by atoms with Crippen LogP contribution in [0.2, 0.25) is 4.34 Å². The number of nitrogens with zero attached hydrogens (tertiary/aromatic N) is 1. The molecule has 0 aliphatic heterocycles. The van der Waals surface area contributed by atoms with Crippen LogP contribution in [-0.2, 0) is 10.0 Å². The van der Waals surface area contributed by atoms with Crippen LogP contribution in [0.1, 0.15) is 9.67 Å². The van der Waals surface area contributed by atoms with Gasteiger partial charge in [-0.25, -0.2) is 13.4 Å². The van der Waals surface area contributed by atoms with E-state index < -0.39 is 10.0 Å². The number of sulfonamides is 1. The first kappa shape index (κ1) is 23.9. The lowest BCUT2D eigenvalue weighted by Gasteiger charge is -2.08. The highest BCUT2D eigenvalue weighted by molar-refractivity contribution is 7.92. The molecule has 0 saturated carbocycles. The fraction of sp³-hybridized carbons (Fsp3) is 0.0400. The molecule has 182 valence electrons. The number of amides is 1. The number of anilines is 2. The van der Waals surface area contributed by atoms with Crippen LogP contribution in [0.25, 0.3) is 22.6 Å². The number of halogens is 1. The number of oxazole rings is 1. The summed E-state index contributed by atoms with van der Waals surface area (Å²) in [5.41, 5.74) is 2.66. The molecule has 11 heteroatoms. The Hall–Kier alpha value is -3.86. The van der Waals surface area contributed by atoms with Crippen molar-refractivity contribution in [3.05, 3.63) is 88.1 Å². The molecule has 0 atom stereocenters. The highest BCUT2D eigenvalue weighted by Crippen LogP contribution is 2.29. The molecule has 36 heavy (non-hydrogen) atoms. The second kappa shape index (κ2) is 9.65. The summed E-state index contributed by atoms with van der Waals surface area (Å²) in [5.74, 6) is 0.683. The molecule has 0 aliphatic rings. The maximum absolute atomic E-state index is 12.7. The number of carbonyl (C=O) groups excluding carboxylic acids is 1. The molecule has 2 N–H and O–H groups in total. The number of fused-ring (bicyclic) bond motifs is 1. The van der Waals surface area contributed by atoms with Crippen molar-refractivity contribution >= 4 is 61.3 Å². The van der Waals surface area contributed by atoms with Crippen molar-refractivity contribution in [2.45, 2.75) is 4.90 Å². The maximum atomic E-state index is 12.7. The fourth-order valence-electron chi connectivity index (χ4n) is 3.41. The molecule has 0 fully saturated rings. The fourth-order valence-corrected chi connectivity index (χ4v) is 5.40. The van der Waals surface area contributed by atoms with Gasteiger partial charge in [0.15, 0.2) is 5.58 Å². The Kier molecular flexibility index (Phi) is 6.40. The topological polar surface area (TPSA) is 111 Å². The lowest BCUT2D eigenvalue weighted by Crippen LogP contribution is -2.12. The zero-order valence-electron chi connectivity index (χ0n) is 18.7. The molecule has 0 radical (unpaired) electrons. The quantitative estimate of drug-likeness (QED) is 0.252. The van der Waals surface area contributed by atoms with E-state index in [1.165, 1.54) is 30.6 Å². The number of benzene rings is 3. The minimum absolute atomic E-state index is 0.110. The summed E-state index contributed by atoms with van der Waals surface area (Å²) in [6.07, 6.45) is 0. The van der Waals surface area contributed by atoms with E-state index in [0.29, 0.717) is 48.9 Å². The Morgan fingerprint density at radius 2 is 1.69 bits per heavy atom. The van der Waals surface area contributed by atoms with E-state index in [9.17, 15) is 13.2 Å². The van der Waals surface area contributed by atoms with Gasteiger partial charge in [0, 0.05) is 11.3 Å². The molecule has 5 rings (SSSR count). The summed E-state index contributed by atoms with van der Waals surface area (Å²) in [6, 6.07) is 21.3. The molecule has 8 nitrogen and oxygen atoms in total. The summed E-state index contributed by atoms with van der Waals surface area (Å²) in [6.45, 7) is 0. The Balaban J connectivity index is 1.32. The lowest BCUT2D eigenvalue weighted by atomic mass is 10.2. The maximum Gasteiger partial charge on any atom is 0.265 e. The number of hydrogen-bond acceptors (Lipinski definition) is 7. The van der Waals surface area contributed by atoms with Gasteiger partial charge in [0.25, 0.3) is 15.9 Å². The van der Waals surface area contributed by atoms with Gasteiger partial charge in [-0.2, -0.15) is 0 Å². The van der Waals surface area contributed by atoms with Crippen molar-refractivity contribution < 1.29 is 22.4 Å². The predicted molar refractivity (Wildman–Crippen MR) is 141 cm³/mol. The van der Waals surface area contributed by atoms with Crippen molar-refractivity contribution in [1.29, 1.82) is 0 Å². The zero-order chi connectivity index (χ0) is 25.3. The first-order chi connectivity index (χ1) is 17.3. The predicted octanol–water partition coefficient (Wildman–Crippen LogP) is 6.27. The van der Waals surface area contributed by atoms with Gasteiger partial charge in [0.05, 0.1) is 26.9 Å². The minimum Gasteiger partial charge on any atom is -0.497 e. The van der Waals surface area contributed by atoms with Gasteiger partial charge >= 0.3 is 0 Å². The zero-order valence-corrected chi connectivity index (χ0v) is 21.1. The minimum atomic E-state index is -3.79. The van der Waals surface area contributed by atoms with Crippen LogP contribution in [0.3, 0.4) is 0 Å². The largest absolute Gasteiger partial charge is 0.497 e. The van der Waals surface area contributed by atoms with Crippen molar-refractivity contribution in [2.75, 3.05) is 17.1 Å². The molecule has 1 amide bonds. The molecule has 3 aromatic carbocycles. The Bertz CT molecular complexity index is 1660. The highest BCUT2D eigenvalue weighted by atomic mass is 35.5. The number of rotatable bonds is 7. The monoisotopic (exact) mass is 539 g/mol. The first-order valence-corrected chi connectivity index (χ1v) is 13.2. The molecule has 2 heterocycles. The normalized spacial score (nSPS) is 11.4. The third-order valence-electron chi connectivity index (χ3n) is 5.20. The molecule has 5 aromatic rings. The number of thiophene rings is 1. The van der Waals surface area contributed by atoms with Gasteiger partial charge in [-0.1, -0.05) is 11.6 Å². The van der Waals surface area contributed by atoms with Gasteiger partial charge in [-0.15, -0.1) is 11.3 Å². The highest BCUT2D eigenvalue weighted by Gasteiger charge is 2.16. The van der Waals surface area contributed by atoms with Crippen LogP contribution in [0.5, 0.6) is 5.75 Å². The number of aromatic nitrogens is 1. The number of nitrogens with one attached hydrogen (secondary N) is 2. The van der Waals surface area contributed by atoms with E-state index in [-0.39, 0.29) is 10.8 Å². The van der Waals surface area contributed by atoms with Gasteiger partial charge in [0.2, 0.25) is 5.89 Å². The molecular weight excluding hydrogens is 522 g/mol. The van der Waals surface area contributed by atoms with Crippen molar-refractivity contribution in [2.24, 2.45) is 0 Å². The van der Waals surface area contributed by atoms with E-state index in [0.717, 1.165) is 0 Å². The van der Waals surface area contributed by atoms with Crippen LogP contribution in [0.4, 0.5) is 11.4 Å². The van der Waals surface area contributed by atoms with E-state index in [4.69, 9.17) is 20.8 Å². The molecule has 2 aromatic heterocycles. The number of carbonyl (C=O) groups is 1. The standard InChI is InChI=1S/C25H18ClN3O5S2/c1-33-18-7-9-19(10-8-18)36(31,32)29-17-6-11-21-20(14-17)28-25(34-21)15-2-4-16(5-3-15)27-24(30)22-12-13-23(26)35-22/h2-14,29H,1H3,(H,27,30). The number of ether oxygens (including phenoxy) is 1. The van der Waals surface area contributed by atoms with Crippen LogP contribution < -0.4 is 14.8 Å². The summed E-state index contributed by atoms with van der Waals surface area (Å²) in [5, 5.41) is 2.82. The number of methoxy groups -OCH3 is 1. The van der Waals surface area contributed by atoms with Crippen LogP contribution >= 0.6 is 22.9 Å². The molecule has 0 saturated heterocycles. The van der Waals surface area contributed by atoms with Gasteiger partial charge in [-0.05, 0) is 78.9 Å². The third kappa shape index (κ3) is 5.06. The average Bonchev–Trinajstić information content (AvgIpc) is 3.50. The summed E-state index contributed by atoms with van der Waals surface area (Å²) < 4.78 is 39.5. The van der Waals surface area contributed by atoms with Gasteiger partial charge < -0.3 is 14.5 Å². The molecule has 0 spiro atoms. The summed E-state index contributed by atoms with van der Waals surface area (Å²) >= 11 is 7.09. The van der Waals surface area contributed by atoms with Crippen LogP contribution in [0.15, 0.2) is 88.2 Å². The SMILES string of the molecule is COc1ccc(S(=O)(=O)Nc2ccc3oc(-c4ccc(NC(=O)c5ccc(Cl)s5)cc4)nc3c2)cc1. The van der Waals surface area contributed by atoms with Crippen LogP contribution in [0, 0.1) is 0 Å². The van der Waals surface area contributed by atoms with Gasteiger partial charge in [0.1, 0.15) is 11.3 Å². The Morgan fingerprint density at radius 3 is 2.36 bits per heavy atom. The summed E-state index contributed by atoms with van der Waals surface area (Å²) in [7, 11) is -2.28. The second-order valence-electron chi connectivity index (χ2n) is 7.62. The van der Waals surface area contributed by atoms with Gasteiger partial charge in [-0.3, -0.25) is 9.52 Å². The molecular formula is C25H18ClN3O5S2. The number of hydrogen-bond donors (Lipinski definition) is 2. The average molecular weight is 540 g/mol. The van der Waals surface area contributed by atoms with Crippen molar-refractivity contribution in [1.82, 2.24) is 4.98 Å². The summed E-state index contributed by atoms with van der Waals surface area (Å²) in [4.78, 5) is 17.4. The first-order valence-electron chi connectivity index (χ1n) is 10.6. The van der Waals surface area contributed by atoms with E-state index in [1.807, 2.05) is 0 Å². The molecule has 0 aliphatic carbocycles. The van der Waals surface area contributed by atoms with E-state index in [2.05, 4.69) is 15.0 Å². The van der Waals surface area contributed by atoms with Crippen LogP contribution in [-0.4, -0.2) is 26.4 Å². The second-order valence-corrected chi connectivity index (χ2v) is 11.0. The smallest absolute Gasteiger partial charge is 0.265 e. The van der Waals surface area contributed by atoms with E-state index >= 15 is 0 Å². The third-order valence-corrected chi connectivity index (χ3v) is 7.82. The van der Waals surface area contributed by atoms with E-state index in [1.54, 1.807) is 66.7 Å². The lowest BCUT2D eigenvalue weighted by molar-refractivity contribution is 0.103. The molecule has 0 unspecified atom stereocenters. The Labute approximate surface area is 215 Å². The Morgan fingerprint density at radius 1 is 0.972 bits per heavy atom. The van der Waals surface area contributed by atoms with Crippen molar-refractivity contribution in [3.63, 3.8) is 0 Å². The van der Waals surface area contributed by atoms with Crippen molar-refractivity contribution in [3.8, 4) is 17.2 Å².